The third kappa shape index (κ3) is 2.47. The summed E-state index contributed by atoms with van der Waals surface area (Å²) in [7, 11) is 0. The molecule has 0 fully saturated rings. The molecular formula is C7H6ClF2IN2. The lowest BCUT2D eigenvalue weighted by molar-refractivity contribution is 0.146. The predicted octanol–water partition coefficient (Wildman–Crippen LogP) is 2.74. The Hall–Kier alpha value is -0.0100. The van der Waals surface area contributed by atoms with Gasteiger partial charge in [-0.2, -0.15) is 0 Å². The molecule has 0 spiro atoms. The maximum Gasteiger partial charge on any atom is 0.280 e. The van der Waals surface area contributed by atoms with Crippen molar-refractivity contribution in [3.05, 3.63) is 26.0 Å². The Morgan fingerprint density at radius 3 is 2.62 bits per heavy atom. The molecule has 0 saturated carbocycles. The van der Waals surface area contributed by atoms with Crippen molar-refractivity contribution in [3.63, 3.8) is 0 Å². The van der Waals surface area contributed by atoms with E-state index in [2.05, 4.69) is 4.98 Å². The smallest absolute Gasteiger partial charge is 0.280 e. The molecule has 13 heavy (non-hydrogen) atoms. The van der Waals surface area contributed by atoms with Crippen molar-refractivity contribution in [1.29, 1.82) is 0 Å². The van der Waals surface area contributed by atoms with Gasteiger partial charge in [-0.15, -0.1) is 0 Å². The molecule has 0 saturated heterocycles. The first kappa shape index (κ1) is 11.1. The molecule has 72 valence electrons. The Kier molecular flexibility index (Phi) is 3.81. The first-order chi connectivity index (χ1) is 6.06. The minimum atomic E-state index is -2.60. The summed E-state index contributed by atoms with van der Waals surface area (Å²) in [4.78, 5) is 3.53. The van der Waals surface area contributed by atoms with E-state index < -0.39 is 6.43 Å². The highest BCUT2D eigenvalue weighted by Gasteiger charge is 2.14. The Balaban J connectivity index is 3.20. The summed E-state index contributed by atoms with van der Waals surface area (Å²) < 4.78 is 25.0. The van der Waals surface area contributed by atoms with Gasteiger partial charge in [0.25, 0.3) is 6.43 Å². The minimum Gasteiger partial charge on any atom is -0.326 e. The molecule has 0 unspecified atom stereocenters. The zero-order chi connectivity index (χ0) is 10.0. The molecule has 0 aromatic carbocycles. The summed E-state index contributed by atoms with van der Waals surface area (Å²) in [5.41, 5.74) is 5.65. The van der Waals surface area contributed by atoms with Crippen LogP contribution in [0.2, 0.25) is 5.15 Å². The fourth-order valence-electron chi connectivity index (χ4n) is 0.822. The second-order valence-corrected chi connectivity index (χ2v) is 3.82. The van der Waals surface area contributed by atoms with Crippen LogP contribution in [0.25, 0.3) is 0 Å². The van der Waals surface area contributed by atoms with E-state index >= 15 is 0 Å². The average Bonchev–Trinajstić information content (AvgIpc) is 2.03. The van der Waals surface area contributed by atoms with Gasteiger partial charge < -0.3 is 5.73 Å². The van der Waals surface area contributed by atoms with Crippen LogP contribution >= 0.6 is 34.2 Å². The third-order valence-electron chi connectivity index (χ3n) is 1.47. The summed E-state index contributed by atoms with van der Waals surface area (Å²) in [6, 6.07) is 1.29. The maximum atomic E-state index is 12.2. The molecule has 0 bridgehead atoms. The molecule has 1 rings (SSSR count). The zero-order valence-corrected chi connectivity index (χ0v) is 9.31. The molecule has 2 N–H and O–H groups in total. The van der Waals surface area contributed by atoms with Crippen molar-refractivity contribution >= 4 is 34.2 Å². The van der Waals surface area contributed by atoms with E-state index in [1.807, 2.05) is 22.6 Å². The Bertz CT molecular complexity index is 296. The van der Waals surface area contributed by atoms with Crippen LogP contribution in [-0.2, 0) is 6.54 Å². The van der Waals surface area contributed by atoms with Gasteiger partial charge in [-0.3, -0.25) is 0 Å². The molecule has 0 radical (unpaired) electrons. The number of hydrogen-bond acceptors (Lipinski definition) is 2. The molecule has 1 aromatic heterocycles. The molecule has 1 heterocycles. The fourth-order valence-corrected chi connectivity index (χ4v) is 2.05. The first-order valence-corrected chi connectivity index (χ1v) is 4.85. The zero-order valence-electron chi connectivity index (χ0n) is 6.40. The molecule has 0 aliphatic heterocycles. The topological polar surface area (TPSA) is 38.9 Å². The highest BCUT2D eigenvalue weighted by atomic mass is 127. The van der Waals surface area contributed by atoms with Crippen LogP contribution in [0.4, 0.5) is 8.78 Å². The number of alkyl halides is 2. The molecule has 0 aliphatic rings. The van der Waals surface area contributed by atoms with Crippen LogP contribution in [0.5, 0.6) is 0 Å². The quantitative estimate of drug-likeness (QED) is 0.673. The van der Waals surface area contributed by atoms with E-state index in [-0.39, 0.29) is 17.4 Å². The van der Waals surface area contributed by atoms with Crippen LogP contribution in [0.1, 0.15) is 17.7 Å². The fraction of sp³-hybridized carbons (Fsp3) is 0.286. The molecule has 1 aromatic rings. The van der Waals surface area contributed by atoms with Crippen molar-refractivity contribution in [2.75, 3.05) is 0 Å². The van der Waals surface area contributed by atoms with Gasteiger partial charge in [-0.25, -0.2) is 13.8 Å². The van der Waals surface area contributed by atoms with Crippen molar-refractivity contribution < 1.29 is 8.78 Å². The predicted molar refractivity (Wildman–Crippen MR) is 54.8 cm³/mol. The largest absolute Gasteiger partial charge is 0.326 e. The van der Waals surface area contributed by atoms with Gasteiger partial charge >= 0.3 is 0 Å². The van der Waals surface area contributed by atoms with Crippen molar-refractivity contribution in [3.8, 4) is 0 Å². The van der Waals surface area contributed by atoms with Crippen molar-refractivity contribution in [2.45, 2.75) is 13.0 Å². The molecule has 0 amide bonds. The number of nitrogens with zero attached hydrogens (tertiary/aromatic N) is 1. The average molecular weight is 318 g/mol. The summed E-state index contributed by atoms with van der Waals surface area (Å²) in [5, 5.41) is 0.0599. The minimum absolute atomic E-state index is 0.0599. The van der Waals surface area contributed by atoms with E-state index in [1.165, 1.54) is 6.07 Å². The van der Waals surface area contributed by atoms with E-state index in [1.54, 1.807) is 0 Å². The second-order valence-electron chi connectivity index (χ2n) is 2.30. The van der Waals surface area contributed by atoms with Crippen LogP contribution in [-0.4, -0.2) is 4.98 Å². The number of halogens is 4. The van der Waals surface area contributed by atoms with E-state index in [0.717, 1.165) is 0 Å². The number of nitrogens with two attached hydrogens (primary N) is 1. The van der Waals surface area contributed by atoms with Crippen LogP contribution in [0.15, 0.2) is 6.07 Å². The summed E-state index contributed by atoms with van der Waals surface area (Å²) in [6.07, 6.45) is -2.60. The van der Waals surface area contributed by atoms with Gasteiger partial charge in [0.15, 0.2) is 0 Å². The summed E-state index contributed by atoms with van der Waals surface area (Å²) in [5.74, 6) is 0. The number of rotatable bonds is 2. The maximum absolute atomic E-state index is 12.2. The van der Waals surface area contributed by atoms with Crippen molar-refractivity contribution in [1.82, 2.24) is 4.98 Å². The lowest BCUT2D eigenvalue weighted by Gasteiger charge is -2.06. The lowest BCUT2D eigenvalue weighted by Crippen LogP contribution is -2.04. The number of hydrogen-bond donors (Lipinski definition) is 1. The molecule has 0 aliphatic carbocycles. The van der Waals surface area contributed by atoms with Gasteiger partial charge in [-0.1, -0.05) is 11.6 Å². The first-order valence-electron chi connectivity index (χ1n) is 3.39. The van der Waals surface area contributed by atoms with Crippen LogP contribution < -0.4 is 5.73 Å². The summed E-state index contributed by atoms with van der Waals surface area (Å²) in [6.45, 7) is 0.202. The third-order valence-corrected chi connectivity index (χ3v) is 2.74. The summed E-state index contributed by atoms with van der Waals surface area (Å²) >= 11 is 7.56. The molecule has 0 atom stereocenters. The SMILES string of the molecule is NCc1c(I)cc(C(F)F)nc1Cl. The standard InChI is InChI=1S/C7H6ClF2IN2/c8-6-3(2-12)4(11)1-5(13-6)7(9)10/h1,7H,2,12H2. The number of pyridine rings is 1. The second kappa shape index (κ2) is 4.47. The Morgan fingerprint density at radius 1 is 1.62 bits per heavy atom. The Labute approximate surface area is 92.6 Å². The highest BCUT2D eigenvalue weighted by Crippen LogP contribution is 2.25. The lowest BCUT2D eigenvalue weighted by atomic mass is 10.2. The van der Waals surface area contributed by atoms with Gasteiger partial charge in [-0.05, 0) is 28.7 Å². The molecule has 2 nitrogen and oxygen atoms in total. The van der Waals surface area contributed by atoms with Crippen LogP contribution in [0, 0.1) is 3.57 Å². The van der Waals surface area contributed by atoms with Gasteiger partial charge in [0.1, 0.15) is 10.8 Å². The van der Waals surface area contributed by atoms with Gasteiger partial charge in [0, 0.05) is 15.7 Å². The van der Waals surface area contributed by atoms with Crippen LogP contribution in [0.3, 0.4) is 0 Å². The number of aromatic nitrogens is 1. The molecule has 6 heteroatoms. The Morgan fingerprint density at radius 2 is 2.23 bits per heavy atom. The van der Waals surface area contributed by atoms with E-state index in [0.29, 0.717) is 9.13 Å². The van der Waals surface area contributed by atoms with E-state index in [4.69, 9.17) is 17.3 Å². The van der Waals surface area contributed by atoms with Crippen molar-refractivity contribution in [2.24, 2.45) is 5.73 Å². The monoisotopic (exact) mass is 318 g/mol. The highest BCUT2D eigenvalue weighted by molar-refractivity contribution is 14.1. The van der Waals surface area contributed by atoms with Gasteiger partial charge in [0.05, 0.1) is 0 Å². The normalized spacial score (nSPS) is 10.9. The van der Waals surface area contributed by atoms with Gasteiger partial charge in [0.2, 0.25) is 0 Å². The molecular weight excluding hydrogens is 312 g/mol. The van der Waals surface area contributed by atoms with E-state index in [9.17, 15) is 8.78 Å².